The van der Waals surface area contributed by atoms with Crippen molar-refractivity contribution in [2.45, 2.75) is 18.4 Å². The molecule has 1 amide bonds. The zero-order chi connectivity index (χ0) is 24.8. The first-order valence-electron chi connectivity index (χ1n) is 10.9. The first-order valence-corrected chi connectivity index (χ1v) is 13.1. The molecule has 0 aromatic heterocycles. The number of likely N-dealkylation sites (N-methyl/N-ethyl adjacent to an activating group) is 1. The van der Waals surface area contributed by atoms with E-state index >= 15 is 0 Å². The number of methoxy groups -OCH3 is 1. The van der Waals surface area contributed by atoms with Gasteiger partial charge >= 0.3 is 0 Å². The second kappa shape index (κ2) is 10.8. The lowest BCUT2D eigenvalue weighted by molar-refractivity contribution is -0.122. The van der Waals surface area contributed by atoms with Gasteiger partial charge in [0.1, 0.15) is 6.61 Å². The Morgan fingerprint density at radius 2 is 1.66 bits per heavy atom. The van der Waals surface area contributed by atoms with E-state index < -0.39 is 10.0 Å². The van der Waals surface area contributed by atoms with Crippen LogP contribution in [0.4, 0.5) is 0 Å². The fraction of sp³-hybridized carbons (Fsp3) is 0.154. The monoisotopic (exact) mass is 508 g/mol. The van der Waals surface area contributed by atoms with Gasteiger partial charge in [-0.15, -0.1) is 4.40 Å². The molecule has 0 bridgehead atoms. The number of hydrogen-bond donors (Lipinski definition) is 0. The van der Waals surface area contributed by atoms with Gasteiger partial charge in [0, 0.05) is 6.54 Å². The quantitative estimate of drug-likeness (QED) is 0.400. The van der Waals surface area contributed by atoms with E-state index in [1.807, 2.05) is 36.4 Å². The summed E-state index contributed by atoms with van der Waals surface area (Å²) >= 11 is 1.03. The fourth-order valence-corrected chi connectivity index (χ4v) is 5.65. The van der Waals surface area contributed by atoms with Crippen molar-refractivity contribution < 1.29 is 22.7 Å². The largest absolute Gasteiger partial charge is 0.493 e. The predicted molar refractivity (Wildman–Crippen MR) is 138 cm³/mol. The maximum Gasteiger partial charge on any atom is 0.284 e. The second-order valence-corrected chi connectivity index (χ2v) is 10.1. The van der Waals surface area contributed by atoms with Crippen molar-refractivity contribution in [1.29, 1.82) is 0 Å². The molecule has 1 saturated heterocycles. The summed E-state index contributed by atoms with van der Waals surface area (Å²) in [5.41, 5.74) is 1.75. The van der Waals surface area contributed by atoms with Crippen LogP contribution >= 0.6 is 11.8 Å². The number of amides is 1. The van der Waals surface area contributed by atoms with Gasteiger partial charge in [0.15, 0.2) is 16.7 Å². The molecule has 7 nitrogen and oxygen atoms in total. The van der Waals surface area contributed by atoms with E-state index in [2.05, 4.69) is 4.40 Å². The Bertz CT molecular complexity index is 1370. The fourth-order valence-electron chi connectivity index (χ4n) is 3.38. The van der Waals surface area contributed by atoms with Crippen LogP contribution in [-0.2, 0) is 21.4 Å². The number of carbonyl (C=O) groups is 1. The van der Waals surface area contributed by atoms with Crippen LogP contribution < -0.4 is 9.47 Å². The van der Waals surface area contributed by atoms with Gasteiger partial charge in [0.25, 0.3) is 15.9 Å². The summed E-state index contributed by atoms with van der Waals surface area (Å²) in [6.07, 6.45) is 1.69. The van der Waals surface area contributed by atoms with Crippen LogP contribution in [0.5, 0.6) is 11.5 Å². The molecule has 3 aromatic rings. The topological polar surface area (TPSA) is 85.3 Å². The first kappa shape index (κ1) is 24.6. The minimum Gasteiger partial charge on any atom is -0.493 e. The Hall–Kier alpha value is -3.56. The molecule has 4 rings (SSSR count). The first-order chi connectivity index (χ1) is 16.9. The van der Waals surface area contributed by atoms with Crippen LogP contribution in [0.3, 0.4) is 0 Å². The Balaban J connectivity index is 1.57. The SMILES string of the molecule is CCN1C(=O)/C(=C/c2ccc(OCc3ccccc3)c(OC)c2)SC1=NS(=O)(=O)c1ccccc1. The molecule has 1 aliphatic rings. The van der Waals surface area contributed by atoms with Crippen molar-refractivity contribution in [3.05, 3.63) is 94.9 Å². The maximum absolute atomic E-state index is 13.0. The van der Waals surface area contributed by atoms with Gasteiger partial charge in [0.2, 0.25) is 0 Å². The molecule has 9 heteroatoms. The van der Waals surface area contributed by atoms with Gasteiger partial charge < -0.3 is 9.47 Å². The Kier molecular flexibility index (Phi) is 7.57. The molecule has 0 saturated carbocycles. The average Bonchev–Trinajstić information content (AvgIpc) is 3.16. The van der Waals surface area contributed by atoms with E-state index in [1.165, 1.54) is 17.0 Å². The average molecular weight is 509 g/mol. The Morgan fingerprint density at radius 1 is 0.971 bits per heavy atom. The molecule has 0 radical (unpaired) electrons. The number of sulfonamides is 1. The molecule has 0 aliphatic carbocycles. The van der Waals surface area contributed by atoms with E-state index in [4.69, 9.17) is 9.47 Å². The maximum atomic E-state index is 13.0. The molecule has 1 fully saturated rings. The lowest BCUT2D eigenvalue weighted by Gasteiger charge is -2.12. The van der Waals surface area contributed by atoms with Crippen molar-refractivity contribution in [1.82, 2.24) is 4.90 Å². The van der Waals surface area contributed by atoms with Crippen molar-refractivity contribution in [3.63, 3.8) is 0 Å². The zero-order valence-corrected chi connectivity index (χ0v) is 20.9. The van der Waals surface area contributed by atoms with E-state index in [-0.39, 0.29) is 16.0 Å². The predicted octanol–water partition coefficient (Wildman–Crippen LogP) is 4.96. The molecule has 3 aromatic carbocycles. The van der Waals surface area contributed by atoms with E-state index in [0.29, 0.717) is 35.1 Å². The lowest BCUT2D eigenvalue weighted by atomic mass is 10.1. The van der Waals surface area contributed by atoms with Gasteiger partial charge in [-0.25, -0.2) is 0 Å². The summed E-state index contributed by atoms with van der Waals surface area (Å²) in [5.74, 6) is 0.803. The van der Waals surface area contributed by atoms with Crippen LogP contribution in [0.25, 0.3) is 6.08 Å². The number of ether oxygens (including phenoxy) is 2. The molecule has 180 valence electrons. The summed E-state index contributed by atoms with van der Waals surface area (Å²) in [4.78, 5) is 14.8. The Labute approximate surface area is 209 Å². The highest BCUT2D eigenvalue weighted by Gasteiger charge is 2.34. The number of thioether (sulfide) groups is 1. The van der Waals surface area contributed by atoms with E-state index in [0.717, 1.165) is 17.3 Å². The standard InChI is InChI=1S/C26H24N2O5S2/c1-3-28-25(29)24(34-26(28)27-35(30,31)21-12-8-5-9-13-21)17-20-14-15-22(23(16-20)32-2)33-18-19-10-6-4-7-11-19/h4-17H,3,18H2,1-2H3/b24-17-,27-26?. The van der Waals surface area contributed by atoms with Crippen LogP contribution in [0.1, 0.15) is 18.1 Å². The highest BCUT2D eigenvalue weighted by atomic mass is 32.2. The molecule has 35 heavy (non-hydrogen) atoms. The third-order valence-corrected chi connectivity index (χ3v) is 7.57. The number of carbonyl (C=O) groups excluding carboxylic acids is 1. The minimum absolute atomic E-state index is 0.0739. The molecule has 0 unspecified atom stereocenters. The van der Waals surface area contributed by atoms with Gasteiger partial charge in [-0.05, 0) is 60.2 Å². The van der Waals surface area contributed by atoms with Crippen LogP contribution in [0, 0.1) is 0 Å². The van der Waals surface area contributed by atoms with Gasteiger partial charge in [-0.1, -0.05) is 54.6 Å². The molecular weight excluding hydrogens is 484 g/mol. The van der Waals surface area contributed by atoms with Crippen molar-refractivity contribution in [3.8, 4) is 11.5 Å². The molecule has 0 N–H and O–H groups in total. The molecule has 1 heterocycles. The van der Waals surface area contributed by atoms with Crippen molar-refractivity contribution in [2.24, 2.45) is 4.40 Å². The third kappa shape index (κ3) is 5.75. The Morgan fingerprint density at radius 3 is 2.31 bits per heavy atom. The van der Waals surface area contributed by atoms with Crippen molar-refractivity contribution >= 4 is 38.9 Å². The molecule has 0 atom stereocenters. The van der Waals surface area contributed by atoms with E-state index in [1.54, 1.807) is 50.4 Å². The van der Waals surface area contributed by atoms with E-state index in [9.17, 15) is 13.2 Å². The highest BCUT2D eigenvalue weighted by Crippen LogP contribution is 2.35. The normalized spacial score (nSPS) is 16.2. The summed E-state index contributed by atoms with van der Waals surface area (Å²) in [5, 5.41) is 0.127. The zero-order valence-electron chi connectivity index (χ0n) is 19.2. The molecule has 1 aliphatic heterocycles. The van der Waals surface area contributed by atoms with Gasteiger partial charge in [-0.2, -0.15) is 8.42 Å². The third-order valence-electron chi connectivity index (χ3n) is 5.17. The number of rotatable bonds is 8. The molecular formula is C26H24N2O5S2. The number of amidine groups is 1. The number of hydrogen-bond acceptors (Lipinski definition) is 6. The summed E-state index contributed by atoms with van der Waals surface area (Å²) in [7, 11) is -2.39. The summed E-state index contributed by atoms with van der Waals surface area (Å²) < 4.78 is 40.8. The van der Waals surface area contributed by atoms with Gasteiger partial charge in [-0.3, -0.25) is 9.69 Å². The smallest absolute Gasteiger partial charge is 0.284 e. The highest BCUT2D eigenvalue weighted by molar-refractivity contribution is 8.19. The van der Waals surface area contributed by atoms with Crippen LogP contribution in [-0.4, -0.2) is 38.0 Å². The minimum atomic E-state index is -3.94. The van der Waals surface area contributed by atoms with Crippen LogP contribution in [0.15, 0.2) is 93.1 Å². The summed E-state index contributed by atoms with van der Waals surface area (Å²) in [6.45, 7) is 2.46. The van der Waals surface area contributed by atoms with Gasteiger partial charge in [0.05, 0.1) is 16.9 Å². The summed E-state index contributed by atoms with van der Waals surface area (Å²) in [6, 6.07) is 23.1. The number of benzene rings is 3. The second-order valence-electron chi connectivity index (χ2n) is 7.51. The lowest BCUT2D eigenvalue weighted by Crippen LogP contribution is -2.29. The number of nitrogens with zero attached hydrogens (tertiary/aromatic N) is 2. The van der Waals surface area contributed by atoms with Crippen molar-refractivity contribution in [2.75, 3.05) is 13.7 Å². The molecule has 0 spiro atoms. The van der Waals surface area contributed by atoms with Crippen LogP contribution in [0.2, 0.25) is 0 Å².